The van der Waals surface area contributed by atoms with Gasteiger partial charge in [-0.15, -0.1) is 0 Å². The van der Waals surface area contributed by atoms with Gasteiger partial charge in [-0.2, -0.15) is 0 Å². The van der Waals surface area contributed by atoms with Crippen LogP contribution in [0.5, 0.6) is 5.75 Å². The van der Waals surface area contributed by atoms with Crippen LogP contribution in [0.15, 0.2) is 36.4 Å². The van der Waals surface area contributed by atoms with Crippen LogP contribution in [-0.2, 0) is 6.54 Å². The molecule has 0 unspecified atom stereocenters. The lowest BCUT2D eigenvalue weighted by molar-refractivity contribution is 0.386. The summed E-state index contributed by atoms with van der Waals surface area (Å²) in [6.07, 6.45) is 0. The van der Waals surface area contributed by atoms with Gasteiger partial charge in [-0.05, 0) is 41.0 Å². The van der Waals surface area contributed by atoms with Gasteiger partial charge in [0.1, 0.15) is 5.82 Å². The molecule has 0 aliphatic heterocycles. The molecule has 21 heavy (non-hydrogen) atoms. The Morgan fingerprint density at radius 3 is 2.48 bits per heavy atom. The van der Waals surface area contributed by atoms with Crippen LogP contribution in [0.25, 0.3) is 11.1 Å². The van der Waals surface area contributed by atoms with Crippen LogP contribution in [0.3, 0.4) is 0 Å². The second-order valence-electron chi connectivity index (χ2n) is 5.19. The van der Waals surface area contributed by atoms with Crippen LogP contribution in [0.1, 0.15) is 19.4 Å². The van der Waals surface area contributed by atoms with Crippen molar-refractivity contribution < 1.29 is 13.5 Å². The summed E-state index contributed by atoms with van der Waals surface area (Å²) in [6, 6.07) is 9.54. The van der Waals surface area contributed by atoms with E-state index >= 15 is 0 Å². The van der Waals surface area contributed by atoms with Crippen molar-refractivity contribution in [3.05, 3.63) is 53.6 Å². The molecule has 0 aliphatic carbocycles. The van der Waals surface area contributed by atoms with Gasteiger partial charge in [-0.3, -0.25) is 0 Å². The number of halogens is 2. The standard InChI is InChI=1S/C17H19F2NO/c1-11(2)20-10-13-4-6-14(18)9-15(13)12-5-7-17(21-3)16(19)8-12/h4-9,11,20H,10H2,1-3H3. The lowest BCUT2D eigenvalue weighted by Gasteiger charge is -2.14. The van der Waals surface area contributed by atoms with Gasteiger partial charge in [-0.1, -0.05) is 26.0 Å². The smallest absolute Gasteiger partial charge is 0.165 e. The molecule has 0 saturated heterocycles. The minimum absolute atomic E-state index is 0.178. The van der Waals surface area contributed by atoms with Crippen LogP contribution in [0.2, 0.25) is 0 Å². The quantitative estimate of drug-likeness (QED) is 0.894. The first kappa shape index (κ1) is 15.4. The number of benzene rings is 2. The number of methoxy groups -OCH3 is 1. The molecule has 0 atom stereocenters. The van der Waals surface area contributed by atoms with E-state index in [9.17, 15) is 8.78 Å². The van der Waals surface area contributed by atoms with Crippen LogP contribution in [0, 0.1) is 11.6 Å². The second-order valence-corrected chi connectivity index (χ2v) is 5.19. The average molecular weight is 291 g/mol. The summed E-state index contributed by atoms with van der Waals surface area (Å²) in [5.41, 5.74) is 2.24. The van der Waals surface area contributed by atoms with E-state index < -0.39 is 5.82 Å². The van der Waals surface area contributed by atoms with Crippen molar-refractivity contribution >= 4 is 0 Å². The number of ether oxygens (including phenoxy) is 1. The molecule has 0 aliphatic rings. The minimum atomic E-state index is -0.456. The van der Waals surface area contributed by atoms with Gasteiger partial charge < -0.3 is 10.1 Å². The highest BCUT2D eigenvalue weighted by molar-refractivity contribution is 5.68. The first-order valence-electron chi connectivity index (χ1n) is 6.87. The highest BCUT2D eigenvalue weighted by Crippen LogP contribution is 2.29. The topological polar surface area (TPSA) is 21.3 Å². The SMILES string of the molecule is COc1ccc(-c2cc(F)ccc2CNC(C)C)cc1F. The van der Waals surface area contributed by atoms with Crippen LogP contribution in [0.4, 0.5) is 8.78 Å². The third kappa shape index (κ3) is 3.79. The Kier molecular flexibility index (Phi) is 4.91. The molecular weight excluding hydrogens is 272 g/mol. The summed E-state index contributed by atoms with van der Waals surface area (Å²) in [4.78, 5) is 0. The van der Waals surface area contributed by atoms with Crippen molar-refractivity contribution in [2.45, 2.75) is 26.4 Å². The third-order valence-corrected chi connectivity index (χ3v) is 3.24. The van der Waals surface area contributed by atoms with E-state index in [1.165, 1.54) is 25.3 Å². The Morgan fingerprint density at radius 2 is 1.86 bits per heavy atom. The number of rotatable bonds is 5. The van der Waals surface area contributed by atoms with Crippen molar-refractivity contribution in [3.8, 4) is 16.9 Å². The molecule has 0 heterocycles. The first-order chi connectivity index (χ1) is 10.0. The molecule has 2 nitrogen and oxygen atoms in total. The van der Waals surface area contributed by atoms with E-state index in [1.807, 2.05) is 13.8 Å². The Bertz CT molecular complexity index is 626. The summed E-state index contributed by atoms with van der Waals surface area (Å²) in [5.74, 6) is -0.617. The fourth-order valence-corrected chi connectivity index (χ4v) is 2.12. The van der Waals surface area contributed by atoms with Crippen LogP contribution in [-0.4, -0.2) is 13.2 Å². The molecule has 2 aromatic rings. The molecule has 112 valence electrons. The van der Waals surface area contributed by atoms with Gasteiger partial charge in [0.05, 0.1) is 7.11 Å². The predicted molar refractivity (Wildman–Crippen MR) is 80.3 cm³/mol. The molecule has 4 heteroatoms. The molecule has 0 aromatic heterocycles. The third-order valence-electron chi connectivity index (χ3n) is 3.24. The normalized spacial score (nSPS) is 11.0. The highest BCUT2D eigenvalue weighted by atomic mass is 19.1. The molecule has 0 fully saturated rings. The van der Waals surface area contributed by atoms with Crippen molar-refractivity contribution in [3.63, 3.8) is 0 Å². The maximum atomic E-state index is 13.8. The number of nitrogens with one attached hydrogen (secondary N) is 1. The molecule has 0 spiro atoms. The van der Waals surface area contributed by atoms with E-state index in [1.54, 1.807) is 18.2 Å². The van der Waals surface area contributed by atoms with Crippen molar-refractivity contribution in [1.82, 2.24) is 5.32 Å². The first-order valence-corrected chi connectivity index (χ1v) is 6.87. The summed E-state index contributed by atoms with van der Waals surface area (Å²) in [7, 11) is 1.41. The Balaban J connectivity index is 2.41. The lowest BCUT2D eigenvalue weighted by Crippen LogP contribution is -2.22. The predicted octanol–water partition coefficient (Wildman–Crippen LogP) is 4.14. The van der Waals surface area contributed by atoms with Crippen LogP contribution >= 0.6 is 0 Å². The number of hydrogen-bond acceptors (Lipinski definition) is 2. The van der Waals surface area contributed by atoms with Gasteiger partial charge in [0, 0.05) is 12.6 Å². The zero-order valence-electron chi connectivity index (χ0n) is 12.4. The Labute approximate surface area is 123 Å². The summed E-state index contributed by atoms with van der Waals surface area (Å²) in [5, 5.41) is 3.29. The zero-order chi connectivity index (χ0) is 15.4. The molecule has 2 aromatic carbocycles. The molecule has 1 N–H and O–H groups in total. The van der Waals surface area contributed by atoms with E-state index in [4.69, 9.17) is 4.74 Å². The van der Waals surface area contributed by atoms with Gasteiger partial charge in [0.2, 0.25) is 0 Å². The molecule has 0 amide bonds. The fraction of sp³-hybridized carbons (Fsp3) is 0.294. The largest absolute Gasteiger partial charge is 0.494 e. The molecule has 0 bridgehead atoms. The summed E-state index contributed by atoms with van der Waals surface area (Å²) < 4.78 is 32.3. The Morgan fingerprint density at radius 1 is 1.10 bits per heavy atom. The van der Waals surface area contributed by atoms with Gasteiger partial charge >= 0.3 is 0 Å². The Hall–Kier alpha value is -1.94. The highest BCUT2D eigenvalue weighted by Gasteiger charge is 2.10. The van der Waals surface area contributed by atoms with E-state index in [0.29, 0.717) is 23.7 Å². The van der Waals surface area contributed by atoms with E-state index in [2.05, 4.69) is 5.32 Å². The average Bonchev–Trinajstić information content (AvgIpc) is 2.45. The maximum Gasteiger partial charge on any atom is 0.165 e. The second kappa shape index (κ2) is 6.68. The molecule has 0 saturated carbocycles. The van der Waals surface area contributed by atoms with Crippen molar-refractivity contribution in [2.75, 3.05) is 7.11 Å². The van der Waals surface area contributed by atoms with Crippen molar-refractivity contribution in [2.24, 2.45) is 0 Å². The molecule has 0 radical (unpaired) electrons. The minimum Gasteiger partial charge on any atom is -0.494 e. The van der Waals surface area contributed by atoms with Gasteiger partial charge in [-0.25, -0.2) is 8.78 Å². The van der Waals surface area contributed by atoms with Gasteiger partial charge in [0.25, 0.3) is 0 Å². The monoisotopic (exact) mass is 291 g/mol. The molecule has 2 rings (SSSR count). The number of hydrogen-bond donors (Lipinski definition) is 1. The lowest BCUT2D eigenvalue weighted by atomic mass is 9.99. The zero-order valence-corrected chi connectivity index (χ0v) is 12.4. The summed E-state index contributed by atoms with van der Waals surface area (Å²) >= 11 is 0. The van der Waals surface area contributed by atoms with Crippen LogP contribution < -0.4 is 10.1 Å². The molecular formula is C17H19F2NO. The van der Waals surface area contributed by atoms with E-state index in [0.717, 1.165) is 5.56 Å². The van der Waals surface area contributed by atoms with E-state index in [-0.39, 0.29) is 11.6 Å². The maximum absolute atomic E-state index is 13.8. The van der Waals surface area contributed by atoms with Gasteiger partial charge in [0.15, 0.2) is 11.6 Å². The summed E-state index contributed by atoms with van der Waals surface area (Å²) in [6.45, 7) is 4.67. The fourth-order valence-electron chi connectivity index (χ4n) is 2.12. The van der Waals surface area contributed by atoms with Crippen molar-refractivity contribution in [1.29, 1.82) is 0 Å².